The molecule has 0 unspecified atom stereocenters. The molecule has 0 amide bonds. The van der Waals surface area contributed by atoms with Gasteiger partial charge in [-0.3, -0.25) is 0 Å². The van der Waals surface area contributed by atoms with E-state index in [1.54, 1.807) is 12.3 Å². The minimum Gasteiger partial charge on any atom is -0.633 e. The average Bonchev–Trinajstić information content (AvgIpc) is 3.04. The Kier molecular flexibility index (Phi) is 5.41. The van der Waals surface area contributed by atoms with Gasteiger partial charge in [-0.05, 0) is 49.1 Å². The molecule has 5 nitrogen and oxygen atoms in total. The lowest BCUT2D eigenvalue weighted by atomic mass is 9.86. The van der Waals surface area contributed by atoms with Crippen LogP contribution in [0.4, 0.5) is 0 Å². The van der Waals surface area contributed by atoms with E-state index < -0.39 is 0 Å². The number of hydroxylamine groups is 3. The average molecular weight is 440 g/mol. The van der Waals surface area contributed by atoms with E-state index in [4.69, 9.17) is 11.6 Å². The van der Waals surface area contributed by atoms with E-state index in [0.717, 1.165) is 31.9 Å². The summed E-state index contributed by atoms with van der Waals surface area (Å²) in [5.74, 6) is 0. The molecule has 164 valence electrons. The molecule has 0 radical (unpaired) electrons. The number of nitrogens with zero attached hydrogens (tertiary/aromatic N) is 3. The van der Waals surface area contributed by atoms with Gasteiger partial charge in [-0.25, -0.2) is 0 Å². The Hall–Kier alpha value is -2.34. The molecule has 2 aromatic heterocycles. The van der Waals surface area contributed by atoms with Gasteiger partial charge in [0.2, 0.25) is 5.52 Å². The number of hydrogen-bond donors (Lipinski definition) is 0. The third-order valence-corrected chi connectivity index (χ3v) is 6.79. The second-order valence-corrected chi connectivity index (χ2v) is 9.86. The molecule has 0 N–H and O–H groups in total. The number of rotatable bonds is 5. The van der Waals surface area contributed by atoms with Crippen LogP contribution in [0.25, 0.3) is 32.7 Å². The van der Waals surface area contributed by atoms with Crippen LogP contribution in [0.5, 0.6) is 0 Å². The van der Waals surface area contributed by atoms with E-state index in [1.165, 1.54) is 5.56 Å². The Morgan fingerprint density at radius 1 is 1.00 bits per heavy atom. The first-order chi connectivity index (χ1) is 14.6. The van der Waals surface area contributed by atoms with Gasteiger partial charge in [0.1, 0.15) is 0 Å². The van der Waals surface area contributed by atoms with Crippen molar-refractivity contribution in [1.29, 1.82) is 0 Å². The summed E-state index contributed by atoms with van der Waals surface area (Å²) >= 11 is 6.19. The van der Waals surface area contributed by atoms with E-state index in [1.807, 2.05) is 26.0 Å². The second kappa shape index (κ2) is 7.66. The van der Waals surface area contributed by atoms with Gasteiger partial charge >= 0.3 is 0 Å². The number of aromatic nitrogens is 2. The third kappa shape index (κ3) is 3.75. The van der Waals surface area contributed by atoms with Gasteiger partial charge in [0.05, 0.1) is 42.5 Å². The van der Waals surface area contributed by atoms with Gasteiger partial charge in [0, 0.05) is 22.0 Å². The summed E-state index contributed by atoms with van der Waals surface area (Å²) in [7, 11) is 0. The predicted octanol–water partition coefficient (Wildman–Crippen LogP) is 5.89. The minimum atomic E-state index is -0.237. The van der Waals surface area contributed by atoms with Gasteiger partial charge in [-0.15, -0.1) is 0 Å². The topological polar surface area (TPSA) is 54.9 Å². The van der Waals surface area contributed by atoms with Crippen molar-refractivity contribution in [3.63, 3.8) is 0 Å². The molecule has 0 atom stereocenters. The highest BCUT2D eigenvalue weighted by Crippen LogP contribution is 2.36. The van der Waals surface area contributed by atoms with E-state index in [-0.39, 0.29) is 10.1 Å². The Morgan fingerprint density at radius 2 is 1.71 bits per heavy atom. The molecule has 0 fully saturated rings. The van der Waals surface area contributed by atoms with Crippen molar-refractivity contribution < 1.29 is 9.38 Å². The van der Waals surface area contributed by atoms with Crippen molar-refractivity contribution >= 4 is 44.3 Å². The lowest BCUT2D eigenvalue weighted by Gasteiger charge is -2.41. The summed E-state index contributed by atoms with van der Waals surface area (Å²) in [5, 5.41) is 29.2. The van der Waals surface area contributed by atoms with Crippen LogP contribution in [-0.4, -0.2) is 28.8 Å². The zero-order valence-electron chi connectivity index (χ0n) is 18.9. The van der Waals surface area contributed by atoms with Crippen LogP contribution in [0, 0.1) is 10.4 Å². The minimum absolute atomic E-state index is 0.00803. The zero-order valence-corrected chi connectivity index (χ0v) is 19.7. The normalized spacial score (nSPS) is 13.0. The molecular formula is C25H30ClN3O2. The summed E-state index contributed by atoms with van der Waals surface area (Å²) in [6, 6.07) is 11.9. The van der Waals surface area contributed by atoms with Crippen molar-refractivity contribution in [2.75, 3.05) is 19.6 Å². The molecular weight excluding hydrogens is 410 g/mol. The van der Waals surface area contributed by atoms with Crippen LogP contribution >= 0.6 is 11.6 Å². The van der Waals surface area contributed by atoms with Gasteiger partial charge < -0.3 is 19.6 Å². The quantitative estimate of drug-likeness (QED) is 0.168. The Balaban J connectivity index is 2.06. The highest BCUT2D eigenvalue weighted by Gasteiger charge is 2.23. The number of halogens is 1. The van der Waals surface area contributed by atoms with Gasteiger partial charge in [0.15, 0.2) is 6.20 Å². The summed E-state index contributed by atoms with van der Waals surface area (Å²) in [5.41, 5.74) is 3.77. The van der Waals surface area contributed by atoms with Crippen LogP contribution < -0.4 is 4.73 Å². The van der Waals surface area contributed by atoms with Crippen molar-refractivity contribution in [3.05, 3.63) is 63.6 Å². The Bertz CT molecular complexity index is 1280. The number of benzene rings is 2. The summed E-state index contributed by atoms with van der Waals surface area (Å²) in [4.78, 5) is 0. The van der Waals surface area contributed by atoms with Crippen molar-refractivity contribution in [3.8, 4) is 0 Å². The number of likely N-dealkylation sites (N-methyl/N-ethyl adjacent to an activating group) is 1. The standard InChI is InChI=1S/C25H30ClN3O2/c1-6-29(31,7-2)13-12-27-22-11-8-17(25(3,4)5)14-20(22)21-16-28(30)23-15-18(26)9-10-19(23)24(21)27/h8-11,14-16H,6-7,12-13H2,1-5H3. The molecule has 31 heavy (non-hydrogen) atoms. The van der Waals surface area contributed by atoms with Gasteiger partial charge in [-0.1, -0.05) is 38.4 Å². The number of quaternary nitrogens is 1. The highest BCUT2D eigenvalue weighted by atomic mass is 35.5. The highest BCUT2D eigenvalue weighted by molar-refractivity contribution is 6.31. The first-order valence-corrected chi connectivity index (χ1v) is 11.3. The first kappa shape index (κ1) is 21.9. The smallest absolute Gasteiger partial charge is 0.227 e. The molecule has 6 heteroatoms. The SMILES string of the molecule is CC[N+]([O-])(CC)CCn1c2ccc(C(C)(C)C)cc2c2c[n+]([O-])c3cc(Cl)ccc3c21. The maximum Gasteiger partial charge on any atom is 0.227 e. The van der Waals surface area contributed by atoms with E-state index in [0.29, 0.717) is 36.7 Å². The molecule has 4 aromatic rings. The summed E-state index contributed by atoms with van der Waals surface area (Å²) in [6.07, 6.45) is 1.65. The lowest BCUT2D eigenvalue weighted by molar-refractivity contribution is -0.877. The zero-order chi connectivity index (χ0) is 22.6. The molecule has 0 saturated carbocycles. The number of fused-ring (bicyclic) bond motifs is 5. The monoisotopic (exact) mass is 439 g/mol. The third-order valence-electron chi connectivity index (χ3n) is 6.55. The Labute approximate surface area is 188 Å². The van der Waals surface area contributed by atoms with E-state index >= 15 is 0 Å². The van der Waals surface area contributed by atoms with E-state index in [2.05, 4.69) is 43.5 Å². The molecule has 0 aliphatic heterocycles. The molecule has 0 spiro atoms. The molecule has 0 aliphatic rings. The molecule has 0 aliphatic carbocycles. The molecule has 4 rings (SSSR count). The molecule has 0 saturated heterocycles. The van der Waals surface area contributed by atoms with Crippen LogP contribution in [-0.2, 0) is 12.0 Å². The van der Waals surface area contributed by atoms with Crippen LogP contribution in [0.2, 0.25) is 5.02 Å². The van der Waals surface area contributed by atoms with Crippen LogP contribution in [0.15, 0.2) is 42.6 Å². The number of hydrogen-bond acceptors (Lipinski definition) is 2. The Morgan fingerprint density at radius 3 is 2.35 bits per heavy atom. The molecule has 2 heterocycles. The van der Waals surface area contributed by atoms with Crippen molar-refractivity contribution in [2.45, 2.75) is 46.6 Å². The second-order valence-electron chi connectivity index (χ2n) is 9.43. The lowest BCUT2D eigenvalue weighted by Crippen LogP contribution is -2.43. The van der Waals surface area contributed by atoms with E-state index in [9.17, 15) is 10.4 Å². The largest absolute Gasteiger partial charge is 0.633 e. The molecule has 0 bridgehead atoms. The fraction of sp³-hybridized carbons (Fsp3) is 0.400. The van der Waals surface area contributed by atoms with Crippen LogP contribution in [0.1, 0.15) is 40.2 Å². The summed E-state index contributed by atoms with van der Waals surface area (Å²) in [6.45, 7) is 12.6. The van der Waals surface area contributed by atoms with Gasteiger partial charge in [-0.2, -0.15) is 4.73 Å². The first-order valence-electron chi connectivity index (χ1n) is 10.9. The summed E-state index contributed by atoms with van der Waals surface area (Å²) < 4.78 is 2.88. The van der Waals surface area contributed by atoms with Crippen molar-refractivity contribution in [1.82, 2.24) is 4.57 Å². The van der Waals surface area contributed by atoms with Crippen molar-refractivity contribution in [2.24, 2.45) is 0 Å². The van der Waals surface area contributed by atoms with Crippen LogP contribution in [0.3, 0.4) is 0 Å². The molecule has 2 aromatic carbocycles. The predicted molar refractivity (Wildman–Crippen MR) is 129 cm³/mol. The van der Waals surface area contributed by atoms with Gasteiger partial charge in [0.25, 0.3) is 0 Å². The maximum absolute atomic E-state index is 13.0. The fourth-order valence-electron chi connectivity index (χ4n) is 4.40. The fourth-order valence-corrected chi connectivity index (χ4v) is 4.56. The maximum atomic E-state index is 13.0. The number of pyridine rings is 1.